The molecule has 0 N–H and O–H groups in total. The van der Waals surface area contributed by atoms with Gasteiger partial charge in [-0.15, -0.1) is 0 Å². The molecule has 1 aliphatic heterocycles. The van der Waals surface area contributed by atoms with E-state index in [2.05, 4.69) is 0 Å². The number of hydrogen-bond donors (Lipinski definition) is 0. The number of amides is 1. The molecule has 0 aliphatic carbocycles. The molecule has 1 saturated heterocycles. The highest BCUT2D eigenvalue weighted by Crippen LogP contribution is 2.21. The highest BCUT2D eigenvalue weighted by atomic mass is 35.5. The number of nitrogens with zero attached hydrogens (tertiary/aromatic N) is 3. The van der Waals surface area contributed by atoms with Crippen LogP contribution in [0.3, 0.4) is 0 Å². The summed E-state index contributed by atoms with van der Waals surface area (Å²) in [4.78, 5) is 26.5. The van der Waals surface area contributed by atoms with Gasteiger partial charge in [0.05, 0.1) is 10.4 Å². The number of benzene rings is 2. The van der Waals surface area contributed by atoms with Gasteiger partial charge in [0, 0.05) is 42.3 Å². The first-order valence-corrected chi connectivity index (χ1v) is 11.3. The van der Waals surface area contributed by atoms with Crippen molar-refractivity contribution in [2.45, 2.75) is 11.4 Å². The SMILES string of the molecule is O=C(Cn1c(=O)oc2cc(Cl)ccc21)N1CCN(S(=O)(=O)c2ccc(Cl)cc2)CC1. The van der Waals surface area contributed by atoms with Gasteiger partial charge in [-0.3, -0.25) is 9.36 Å². The number of oxazole rings is 1. The second kappa shape index (κ2) is 8.07. The van der Waals surface area contributed by atoms with Crippen molar-refractivity contribution >= 4 is 50.2 Å². The fourth-order valence-electron chi connectivity index (χ4n) is 3.36. The minimum Gasteiger partial charge on any atom is -0.408 e. The first-order valence-electron chi connectivity index (χ1n) is 9.08. The van der Waals surface area contributed by atoms with E-state index >= 15 is 0 Å². The Labute approximate surface area is 182 Å². The zero-order valence-electron chi connectivity index (χ0n) is 15.6. The molecule has 3 aromatic rings. The quantitative estimate of drug-likeness (QED) is 0.584. The van der Waals surface area contributed by atoms with Crippen LogP contribution in [0.25, 0.3) is 11.1 Å². The van der Waals surface area contributed by atoms with E-state index < -0.39 is 15.8 Å². The standard InChI is InChI=1S/C19H17Cl2N3O5S/c20-13-1-4-15(5-2-13)30(27,28)23-9-7-22(8-10-23)18(25)12-24-16-6-3-14(21)11-17(16)29-19(24)26/h1-6,11H,7-10,12H2. The lowest BCUT2D eigenvalue weighted by molar-refractivity contribution is -0.133. The van der Waals surface area contributed by atoms with Crippen molar-refractivity contribution in [3.63, 3.8) is 0 Å². The number of hydrogen-bond acceptors (Lipinski definition) is 5. The summed E-state index contributed by atoms with van der Waals surface area (Å²) in [5, 5.41) is 0.876. The third-order valence-corrected chi connectivity index (χ3v) is 7.37. The van der Waals surface area contributed by atoms with Gasteiger partial charge in [-0.25, -0.2) is 13.2 Å². The highest BCUT2D eigenvalue weighted by molar-refractivity contribution is 7.89. The lowest BCUT2D eigenvalue weighted by Crippen LogP contribution is -2.51. The first kappa shape index (κ1) is 20.9. The molecule has 11 heteroatoms. The monoisotopic (exact) mass is 469 g/mol. The van der Waals surface area contributed by atoms with Gasteiger partial charge in [0.1, 0.15) is 6.54 Å². The van der Waals surface area contributed by atoms with Crippen molar-refractivity contribution in [2.24, 2.45) is 0 Å². The minimum absolute atomic E-state index is 0.154. The third kappa shape index (κ3) is 3.98. The van der Waals surface area contributed by atoms with Gasteiger partial charge in [-0.2, -0.15) is 4.31 Å². The summed E-state index contributed by atoms with van der Waals surface area (Å²) >= 11 is 11.7. The predicted octanol–water partition coefficient (Wildman–Crippen LogP) is 2.43. The first-order chi connectivity index (χ1) is 14.3. The van der Waals surface area contributed by atoms with E-state index in [-0.39, 0.29) is 43.5 Å². The van der Waals surface area contributed by atoms with Crippen LogP contribution in [0.1, 0.15) is 0 Å². The van der Waals surface area contributed by atoms with Crippen LogP contribution in [0.2, 0.25) is 10.0 Å². The van der Waals surface area contributed by atoms with E-state index in [9.17, 15) is 18.0 Å². The van der Waals surface area contributed by atoms with Crippen LogP contribution >= 0.6 is 23.2 Å². The van der Waals surface area contributed by atoms with Crippen LogP contribution in [0.4, 0.5) is 0 Å². The second-order valence-electron chi connectivity index (χ2n) is 6.80. The molecule has 1 amide bonds. The molecule has 2 aromatic carbocycles. The Hall–Kier alpha value is -2.33. The molecule has 2 heterocycles. The highest BCUT2D eigenvalue weighted by Gasteiger charge is 2.30. The fraction of sp³-hybridized carbons (Fsp3) is 0.263. The summed E-state index contributed by atoms with van der Waals surface area (Å²) in [6, 6.07) is 10.7. The van der Waals surface area contributed by atoms with Crippen molar-refractivity contribution in [1.29, 1.82) is 0 Å². The number of piperazine rings is 1. The molecule has 30 heavy (non-hydrogen) atoms. The van der Waals surface area contributed by atoms with Crippen LogP contribution in [0, 0.1) is 0 Å². The van der Waals surface area contributed by atoms with Crippen molar-refractivity contribution in [3.8, 4) is 0 Å². The van der Waals surface area contributed by atoms with Crippen molar-refractivity contribution in [2.75, 3.05) is 26.2 Å². The third-order valence-electron chi connectivity index (χ3n) is 4.97. The van der Waals surface area contributed by atoms with Gasteiger partial charge in [0.2, 0.25) is 15.9 Å². The molecule has 1 aliphatic rings. The van der Waals surface area contributed by atoms with Crippen molar-refractivity contribution < 1.29 is 17.6 Å². The van der Waals surface area contributed by atoms with Gasteiger partial charge < -0.3 is 9.32 Å². The molecule has 0 atom stereocenters. The predicted molar refractivity (Wildman–Crippen MR) is 112 cm³/mol. The normalized spacial score (nSPS) is 15.6. The van der Waals surface area contributed by atoms with E-state index in [1.54, 1.807) is 12.1 Å². The number of sulfonamides is 1. The summed E-state index contributed by atoms with van der Waals surface area (Å²) in [5.74, 6) is -0.942. The number of rotatable bonds is 4. The summed E-state index contributed by atoms with van der Waals surface area (Å²) < 4.78 is 33.2. The van der Waals surface area contributed by atoms with E-state index in [0.717, 1.165) is 0 Å². The fourth-order valence-corrected chi connectivity index (χ4v) is 5.07. The number of halogens is 2. The van der Waals surface area contributed by atoms with E-state index in [0.29, 0.717) is 21.1 Å². The molecule has 1 aromatic heterocycles. The molecule has 1 fully saturated rings. The lowest BCUT2D eigenvalue weighted by Gasteiger charge is -2.34. The van der Waals surface area contributed by atoms with Crippen LogP contribution in [-0.2, 0) is 21.4 Å². The van der Waals surface area contributed by atoms with E-state index in [1.165, 1.54) is 44.1 Å². The second-order valence-corrected chi connectivity index (χ2v) is 9.62. The molecule has 8 nitrogen and oxygen atoms in total. The number of carbonyl (C=O) groups excluding carboxylic acids is 1. The molecule has 0 saturated carbocycles. The van der Waals surface area contributed by atoms with Gasteiger partial charge in [0.25, 0.3) is 0 Å². The van der Waals surface area contributed by atoms with Crippen LogP contribution < -0.4 is 5.76 Å². The number of aromatic nitrogens is 1. The minimum atomic E-state index is -3.66. The largest absolute Gasteiger partial charge is 0.420 e. The Morgan fingerprint density at radius 3 is 2.27 bits per heavy atom. The van der Waals surface area contributed by atoms with Crippen LogP contribution in [0.15, 0.2) is 56.6 Å². The Bertz CT molecular complexity index is 1260. The van der Waals surface area contributed by atoms with Crippen LogP contribution in [0.5, 0.6) is 0 Å². The van der Waals surface area contributed by atoms with E-state index in [1.807, 2.05) is 0 Å². The average molecular weight is 470 g/mol. The number of carbonyl (C=O) groups is 1. The van der Waals surface area contributed by atoms with Crippen molar-refractivity contribution in [1.82, 2.24) is 13.8 Å². The molecule has 0 spiro atoms. The molecule has 158 valence electrons. The molecule has 0 bridgehead atoms. The van der Waals surface area contributed by atoms with Crippen molar-refractivity contribution in [3.05, 3.63) is 63.1 Å². The zero-order chi connectivity index (χ0) is 21.5. The van der Waals surface area contributed by atoms with Crippen LogP contribution in [-0.4, -0.2) is 54.3 Å². The Kier molecular flexibility index (Phi) is 5.63. The van der Waals surface area contributed by atoms with Gasteiger partial charge in [-0.1, -0.05) is 23.2 Å². The topological polar surface area (TPSA) is 92.8 Å². The molecular formula is C19H17Cl2N3O5S. The van der Waals surface area contributed by atoms with Gasteiger partial charge in [0.15, 0.2) is 5.58 Å². The molecular weight excluding hydrogens is 453 g/mol. The summed E-state index contributed by atoms with van der Waals surface area (Å²) in [5.41, 5.74) is 0.779. The lowest BCUT2D eigenvalue weighted by atomic mass is 10.3. The average Bonchev–Trinajstić information content (AvgIpc) is 3.02. The van der Waals surface area contributed by atoms with E-state index in [4.69, 9.17) is 27.6 Å². The molecule has 0 unspecified atom stereocenters. The molecule has 0 radical (unpaired) electrons. The maximum absolute atomic E-state index is 12.8. The maximum Gasteiger partial charge on any atom is 0.420 e. The smallest absolute Gasteiger partial charge is 0.408 e. The molecule has 4 rings (SSSR count). The Morgan fingerprint density at radius 2 is 1.60 bits per heavy atom. The maximum atomic E-state index is 12.8. The van der Waals surface area contributed by atoms with Gasteiger partial charge >= 0.3 is 5.76 Å². The summed E-state index contributed by atoms with van der Waals surface area (Å²) in [6.07, 6.45) is 0. The summed E-state index contributed by atoms with van der Waals surface area (Å²) in [7, 11) is -3.66. The summed E-state index contributed by atoms with van der Waals surface area (Å²) in [6.45, 7) is 0.572. The Balaban J connectivity index is 1.44. The zero-order valence-corrected chi connectivity index (χ0v) is 18.0. The Morgan fingerprint density at radius 1 is 0.967 bits per heavy atom. The van der Waals surface area contributed by atoms with Gasteiger partial charge in [-0.05, 0) is 36.4 Å². The number of fused-ring (bicyclic) bond motifs is 1.